The van der Waals surface area contributed by atoms with Crippen LogP contribution >= 0.6 is 0 Å². The normalized spacial score (nSPS) is 17.0. The first-order chi connectivity index (χ1) is 10.1. The summed E-state index contributed by atoms with van der Waals surface area (Å²) in [6.07, 6.45) is 0.774. The fourth-order valence-electron chi connectivity index (χ4n) is 2.70. The van der Waals surface area contributed by atoms with Gasteiger partial charge < -0.3 is 15.2 Å². The van der Waals surface area contributed by atoms with Crippen LogP contribution in [0.5, 0.6) is 0 Å². The number of aryl methyl sites for hydroxylation is 2. The Morgan fingerprint density at radius 2 is 2.24 bits per heavy atom. The fraction of sp³-hybridized carbons (Fsp3) is 0.375. The first-order valence-electron chi connectivity index (χ1n) is 7.16. The lowest BCUT2D eigenvalue weighted by atomic mass is 9.93. The van der Waals surface area contributed by atoms with Crippen LogP contribution in [0.15, 0.2) is 28.8 Å². The highest BCUT2D eigenvalue weighted by molar-refractivity contribution is 5.80. The molecule has 0 bridgehead atoms. The molecule has 1 amide bonds. The van der Waals surface area contributed by atoms with Crippen LogP contribution in [0.3, 0.4) is 0 Å². The van der Waals surface area contributed by atoms with Gasteiger partial charge in [0.15, 0.2) is 0 Å². The van der Waals surface area contributed by atoms with Crippen LogP contribution in [0.25, 0.3) is 0 Å². The topological polar surface area (TPSA) is 67.2 Å². The number of amides is 1. The van der Waals surface area contributed by atoms with E-state index in [4.69, 9.17) is 4.52 Å². The number of anilines is 1. The maximum atomic E-state index is 12.3. The van der Waals surface area contributed by atoms with Crippen LogP contribution < -0.4 is 10.6 Å². The Kier molecular flexibility index (Phi) is 3.64. The minimum Gasteiger partial charge on any atom is -0.384 e. The molecule has 0 saturated heterocycles. The Morgan fingerprint density at radius 3 is 3.00 bits per heavy atom. The summed E-state index contributed by atoms with van der Waals surface area (Å²) in [5.74, 6) is 0.789. The zero-order chi connectivity index (χ0) is 14.8. The lowest BCUT2D eigenvalue weighted by molar-refractivity contribution is -0.124. The third-order valence-electron chi connectivity index (χ3n) is 4.01. The Hall–Kier alpha value is -2.30. The number of rotatable bonds is 3. The molecular weight excluding hydrogens is 266 g/mol. The van der Waals surface area contributed by atoms with Gasteiger partial charge in [-0.3, -0.25) is 4.79 Å². The van der Waals surface area contributed by atoms with Gasteiger partial charge >= 0.3 is 0 Å². The van der Waals surface area contributed by atoms with E-state index < -0.39 is 0 Å². The van der Waals surface area contributed by atoms with Gasteiger partial charge in [-0.1, -0.05) is 23.4 Å². The third kappa shape index (κ3) is 2.77. The highest BCUT2D eigenvalue weighted by Crippen LogP contribution is 2.24. The van der Waals surface area contributed by atoms with Gasteiger partial charge in [0, 0.05) is 24.3 Å². The second-order valence-electron chi connectivity index (χ2n) is 5.46. The predicted octanol–water partition coefficient (Wildman–Crippen LogP) is 2.19. The number of benzene rings is 1. The molecule has 2 aromatic rings. The van der Waals surface area contributed by atoms with Gasteiger partial charge in [-0.2, -0.15) is 0 Å². The molecule has 21 heavy (non-hydrogen) atoms. The predicted molar refractivity (Wildman–Crippen MR) is 79.9 cm³/mol. The van der Waals surface area contributed by atoms with Crippen molar-refractivity contribution in [1.82, 2.24) is 10.5 Å². The molecule has 0 fully saturated rings. The molecule has 1 aromatic carbocycles. The molecule has 3 rings (SSSR count). The van der Waals surface area contributed by atoms with Crippen molar-refractivity contribution in [2.75, 3.05) is 11.9 Å². The zero-order valence-electron chi connectivity index (χ0n) is 12.3. The van der Waals surface area contributed by atoms with Crippen LogP contribution in [-0.2, 0) is 17.8 Å². The van der Waals surface area contributed by atoms with E-state index >= 15 is 0 Å². The van der Waals surface area contributed by atoms with Crippen molar-refractivity contribution in [2.45, 2.75) is 26.8 Å². The summed E-state index contributed by atoms with van der Waals surface area (Å²) in [7, 11) is 0. The number of nitrogens with one attached hydrogen (secondary N) is 2. The van der Waals surface area contributed by atoms with Crippen molar-refractivity contribution in [3.8, 4) is 0 Å². The number of hydrogen-bond donors (Lipinski definition) is 2. The molecule has 0 radical (unpaired) electrons. The van der Waals surface area contributed by atoms with Crippen molar-refractivity contribution in [3.63, 3.8) is 0 Å². The number of nitrogens with zero attached hydrogens (tertiary/aromatic N) is 1. The van der Waals surface area contributed by atoms with Gasteiger partial charge in [0.05, 0.1) is 11.6 Å². The van der Waals surface area contributed by atoms with E-state index in [-0.39, 0.29) is 11.8 Å². The molecule has 1 unspecified atom stereocenters. The molecular formula is C16H19N3O2. The average Bonchev–Trinajstić information content (AvgIpc) is 2.83. The molecule has 1 aliphatic heterocycles. The SMILES string of the molecule is Cc1noc(C)c1CNC(=O)C1CNc2ccccc2C1. The number of carbonyl (C=O) groups excluding carboxylic acids is 1. The van der Waals surface area contributed by atoms with E-state index in [1.54, 1.807) is 0 Å². The van der Waals surface area contributed by atoms with Crippen molar-refractivity contribution < 1.29 is 9.32 Å². The number of para-hydroxylation sites is 1. The standard InChI is InChI=1S/C16H19N3O2/c1-10-14(11(2)21-19-10)9-18-16(20)13-7-12-5-3-4-6-15(12)17-8-13/h3-6,13,17H,7-9H2,1-2H3,(H,18,20). The summed E-state index contributed by atoms with van der Waals surface area (Å²) in [6, 6.07) is 8.12. The van der Waals surface area contributed by atoms with Crippen LogP contribution in [0.2, 0.25) is 0 Å². The summed E-state index contributed by atoms with van der Waals surface area (Å²) in [5, 5.41) is 10.2. The van der Waals surface area contributed by atoms with Crippen LogP contribution in [0.4, 0.5) is 5.69 Å². The van der Waals surface area contributed by atoms with Crippen molar-refractivity contribution in [1.29, 1.82) is 0 Å². The van der Waals surface area contributed by atoms with Crippen molar-refractivity contribution in [3.05, 3.63) is 46.8 Å². The van der Waals surface area contributed by atoms with Gasteiger partial charge in [-0.25, -0.2) is 0 Å². The zero-order valence-corrected chi connectivity index (χ0v) is 12.3. The molecule has 110 valence electrons. The molecule has 5 nitrogen and oxygen atoms in total. The summed E-state index contributed by atoms with van der Waals surface area (Å²) in [6.45, 7) is 4.89. The smallest absolute Gasteiger partial charge is 0.225 e. The van der Waals surface area contributed by atoms with Crippen molar-refractivity contribution in [2.24, 2.45) is 5.92 Å². The molecule has 0 spiro atoms. The molecule has 1 atom stereocenters. The van der Waals surface area contributed by atoms with E-state index in [2.05, 4.69) is 21.9 Å². The summed E-state index contributed by atoms with van der Waals surface area (Å²) in [4.78, 5) is 12.3. The Morgan fingerprint density at radius 1 is 1.43 bits per heavy atom. The highest BCUT2D eigenvalue weighted by Gasteiger charge is 2.24. The minimum absolute atomic E-state index is 0.0413. The maximum absolute atomic E-state index is 12.3. The van der Waals surface area contributed by atoms with E-state index in [0.717, 1.165) is 29.1 Å². The minimum atomic E-state index is -0.0413. The lowest BCUT2D eigenvalue weighted by Gasteiger charge is -2.25. The second-order valence-corrected chi connectivity index (χ2v) is 5.46. The maximum Gasteiger partial charge on any atom is 0.225 e. The van der Waals surface area contributed by atoms with Crippen LogP contribution in [0, 0.1) is 19.8 Å². The summed E-state index contributed by atoms with van der Waals surface area (Å²) >= 11 is 0. The Labute approximate surface area is 123 Å². The quantitative estimate of drug-likeness (QED) is 0.907. The molecule has 2 N–H and O–H groups in total. The number of hydrogen-bond acceptors (Lipinski definition) is 4. The van der Waals surface area contributed by atoms with E-state index in [0.29, 0.717) is 13.1 Å². The molecule has 1 aromatic heterocycles. The Bertz CT molecular complexity index is 644. The van der Waals surface area contributed by atoms with Gasteiger partial charge in [0.1, 0.15) is 5.76 Å². The summed E-state index contributed by atoms with van der Waals surface area (Å²) in [5.41, 5.74) is 4.13. The number of fused-ring (bicyclic) bond motifs is 1. The van der Waals surface area contributed by atoms with Gasteiger partial charge in [0.2, 0.25) is 5.91 Å². The first-order valence-corrected chi connectivity index (χ1v) is 7.16. The van der Waals surface area contributed by atoms with Crippen LogP contribution in [-0.4, -0.2) is 17.6 Å². The van der Waals surface area contributed by atoms with Crippen LogP contribution in [0.1, 0.15) is 22.6 Å². The van der Waals surface area contributed by atoms with Crippen molar-refractivity contribution >= 4 is 11.6 Å². The van der Waals surface area contributed by atoms with E-state index in [9.17, 15) is 4.79 Å². The first kappa shape index (κ1) is 13.7. The Balaban J connectivity index is 1.62. The van der Waals surface area contributed by atoms with E-state index in [1.165, 1.54) is 5.56 Å². The largest absolute Gasteiger partial charge is 0.384 e. The molecule has 5 heteroatoms. The molecule has 2 heterocycles. The van der Waals surface area contributed by atoms with E-state index in [1.807, 2.05) is 32.0 Å². The van der Waals surface area contributed by atoms with Gasteiger partial charge in [-0.15, -0.1) is 0 Å². The van der Waals surface area contributed by atoms with Gasteiger partial charge in [-0.05, 0) is 31.9 Å². The third-order valence-corrected chi connectivity index (χ3v) is 4.01. The molecule has 0 aliphatic carbocycles. The lowest BCUT2D eigenvalue weighted by Crippen LogP contribution is -2.37. The van der Waals surface area contributed by atoms with Gasteiger partial charge in [0.25, 0.3) is 0 Å². The highest BCUT2D eigenvalue weighted by atomic mass is 16.5. The number of aromatic nitrogens is 1. The summed E-state index contributed by atoms with van der Waals surface area (Å²) < 4.78 is 5.11. The monoisotopic (exact) mass is 285 g/mol. The molecule has 1 aliphatic rings. The molecule has 0 saturated carbocycles. The fourth-order valence-corrected chi connectivity index (χ4v) is 2.70. The average molecular weight is 285 g/mol. The number of carbonyl (C=O) groups is 1. The second kappa shape index (κ2) is 5.60.